The second-order valence-electron chi connectivity index (χ2n) is 7.78. The highest BCUT2D eigenvalue weighted by Crippen LogP contribution is 2.41. The summed E-state index contributed by atoms with van der Waals surface area (Å²) in [4.78, 5) is 0. The van der Waals surface area contributed by atoms with E-state index in [1.807, 2.05) is 12.1 Å². The Morgan fingerprint density at radius 1 is 1.16 bits per heavy atom. The molecule has 25 heavy (non-hydrogen) atoms. The van der Waals surface area contributed by atoms with Gasteiger partial charge in [-0.3, -0.25) is 0 Å². The van der Waals surface area contributed by atoms with E-state index in [-0.39, 0.29) is 0 Å². The summed E-state index contributed by atoms with van der Waals surface area (Å²) in [5, 5.41) is 3.56. The van der Waals surface area contributed by atoms with Gasteiger partial charge in [0.05, 0.1) is 18.9 Å². The molecule has 1 aromatic heterocycles. The second-order valence-corrected chi connectivity index (χ2v) is 7.78. The number of rotatable bonds is 8. The third-order valence-corrected chi connectivity index (χ3v) is 5.48. The highest BCUT2D eigenvalue weighted by molar-refractivity contribution is 5.17. The topological polar surface area (TPSA) is 34.4 Å². The molecule has 0 amide bonds. The largest absolute Gasteiger partial charge is 0.468 e. The van der Waals surface area contributed by atoms with Crippen LogP contribution < -0.4 is 5.32 Å². The van der Waals surface area contributed by atoms with E-state index in [0.717, 1.165) is 44.7 Å². The first-order valence-corrected chi connectivity index (χ1v) is 9.55. The molecule has 0 radical (unpaired) electrons. The van der Waals surface area contributed by atoms with Crippen molar-refractivity contribution in [1.29, 1.82) is 0 Å². The fraction of sp³-hybridized carbons (Fsp3) is 0.545. The molecule has 0 bridgehead atoms. The van der Waals surface area contributed by atoms with Crippen molar-refractivity contribution < 1.29 is 9.15 Å². The Labute approximate surface area is 151 Å². The number of benzene rings is 1. The molecule has 0 unspecified atom stereocenters. The molecule has 1 aromatic carbocycles. The highest BCUT2D eigenvalue weighted by Gasteiger charge is 2.37. The Bertz CT molecular complexity index is 608. The minimum atomic E-state index is 0.324. The van der Waals surface area contributed by atoms with Crippen LogP contribution in [0.2, 0.25) is 0 Å². The van der Waals surface area contributed by atoms with Gasteiger partial charge in [-0.1, -0.05) is 44.2 Å². The molecule has 136 valence electrons. The molecule has 0 saturated carbocycles. The zero-order chi connectivity index (χ0) is 17.5. The van der Waals surface area contributed by atoms with Crippen LogP contribution in [-0.2, 0) is 17.7 Å². The summed E-state index contributed by atoms with van der Waals surface area (Å²) in [5.41, 5.74) is 1.77. The second kappa shape index (κ2) is 8.68. The van der Waals surface area contributed by atoms with E-state index in [4.69, 9.17) is 9.15 Å². The summed E-state index contributed by atoms with van der Waals surface area (Å²) in [6, 6.07) is 14.9. The van der Waals surface area contributed by atoms with Gasteiger partial charge in [0.15, 0.2) is 0 Å². The van der Waals surface area contributed by atoms with Crippen LogP contribution >= 0.6 is 0 Å². The molecular weight excluding hydrogens is 310 g/mol. The van der Waals surface area contributed by atoms with Gasteiger partial charge in [-0.2, -0.15) is 0 Å². The molecule has 1 N–H and O–H groups in total. The number of furan rings is 1. The van der Waals surface area contributed by atoms with E-state index >= 15 is 0 Å². The van der Waals surface area contributed by atoms with Gasteiger partial charge in [-0.05, 0) is 61.3 Å². The first kappa shape index (κ1) is 18.2. The Morgan fingerprint density at radius 2 is 2.00 bits per heavy atom. The monoisotopic (exact) mass is 341 g/mol. The Hall–Kier alpha value is -1.58. The zero-order valence-electron chi connectivity index (χ0n) is 15.5. The third kappa shape index (κ3) is 5.20. The standard InChI is InChI=1S/C22H31NO2/c1-18(2)21-16-22(11-14-25-21,15-19-7-4-3-5-8-19)10-12-23-17-20-9-6-13-24-20/h3-9,13,18,21,23H,10-12,14-17H2,1-2H3/t21-,22-/m0/s1. The van der Waals surface area contributed by atoms with Crippen molar-refractivity contribution in [3.8, 4) is 0 Å². The molecule has 1 aliphatic heterocycles. The smallest absolute Gasteiger partial charge is 0.117 e. The number of ether oxygens (including phenoxy) is 1. The molecule has 2 atom stereocenters. The molecule has 1 fully saturated rings. The van der Waals surface area contributed by atoms with E-state index in [2.05, 4.69) is 49.5 Å². The van der Waals surface area contributed by atoms with E-state index in [1.165, 1.54) is 12.0 Å². The van der Waals surface area contributed by atoms with Gasteiger partial charge in [0.2, 0.25) is 0 Å². The zero-order valence-corrected chi connectivity index (χ0v) is 15.5. The van der Waals surface area contributed by atoms with Gasteiger partial charge >= 0.3 is 0 Å². The molecule has 2 aromatic rings. The van der Waals surface area contributed by atoms with Crippen LogP contribution in [0, 0.1) is 11.3 Å². The summed E-state index contributed by atoms with van der Waals surface area (Å²) < 4.78 is 11.5. The van der Waals surface area contributed by atoms with Crippen LogP contribution in [0.3, 0.4) is 0 Å². The van der Waals surface area contributed by atoms with Crippen molar-refractivity contribution in [3.05, 3.63) is 60.1 Å². The molecule has 0 aliphatic carbocycles. The normalized spacial score (nSPS) is 23.9. The molecular formula is C22H31NO2. The summed E-state index contributed by atoms with van der Waals surface area (Å²) in [6.07, 6.45) is 6.73. The van der Waals surface area contributed by atoms with E-state index in [9.17, 15) is 0 Å². The maximum Gasteiger partial charge on any atom is 0.117 e. The first-order valence-electron chi connectivity index (χ1n) is 9.55. The summed E-state index contributed by atoms with van der Waals surface area (Å²) in [7, 11) is 0. The van der Waals surface area contributed by atoms with Crippen molar-refractivity contribution in [2.45, 2.75) is 52.2 Å². The van der Waals surface area contributed by atoms with Crippen molar-refractivity contribution in [2.24, 2.45) is 11.3 Å². The van der Waals surface area contributed by atoms with Crippen LogP contribution in [0.5, 0.6) is 0 Å². The van der Waals surface area contributed by atoms with Crippen molar-refractivity contribution >= 4 is 0 Å². The van der Waals surface area contributed by atoms with Crippen LogP contribution in [0.15, 0.2) is 53.1 Å². The molecule has 2 heterocycles. The minimum absolute atomic E-state index is 0.324. The molecule has 3 heteroatoms. The molecule has 3 rings (SSSR count). The van der Waals surface area contributed by atoms with Crippen LogP contribution in [0.4, 0.5) is 0 Å². The molecule has 0 spiro atoms. The van der Waals surface area contributed by atoms with Gasteiger partial charge in [-0.15, -0.1) is 0 Å². The summed E-state index contributed by atoms with van der Waals surface area (Å²) in [6.45, 7) is 7.25. The van der Waals surface area contributed by atoms with Gasteiger partial charge in [0, 0.05) is 6.61 Å². The fourth-order valence-electron chi connectivity index (χ4n) is 3.93. The Balaban J connectivity index is 1.63. The lowest BCUT2D eigenvalue weighted by Crippen LogP contribution is -2.41. The predicted octanol–water partition coefficient (Wildman–Crippen LogP) is 4.82. The van der Waals surface area contributed by atoms with Crippen LogP contribution in [0.1, 0.15) is 44.4 Å². The average molecular weight is 341 g/mol. The van der Waals surface area contributed by atoms with Crippen LogP contribution in [-0.4, -0.2) is 19.3 Å². The maximum atomic E-state index is 6.06. The molecule has 3 nitrogen and oxygen atoms in total. The average Bonchev–Trinajstić information content (AvgIpc) is 3.13. The van der Waals surface area contributed by atoms with E-state index in [1.54, 1.807) is 6.26 Å². The highest BCUT2D eigenvalue weighted by atomic mass is 16.5. The van der Waals surface area contributed by atoms with E-state index in [0.29, 0.717) is 17.4 Å². The van der Waals surface area contributed by atoms with Crippen LogP contribution in [0.25, 0.3) is 0 Å². The van der Waals surface area contributed by atoms with Crippen molar-refractivity contribution in [1.82, 2.24) is 5.32 Å². The van der Waals surface area contributed by atoms with Crippen molar-refractivity contribution in [3.63, 3.8) is 0 Å². The van der Waals surface area contributed by atoms with Gasteiger partial charge in [0.25, 0.3) is 0 Å². The lowest BCUT2D eigenvalue weighted by Gasteiger charge is -2.43. The van der Waals surface area contributed by atoms with Gasteiger partial charge in [0.1, 0.15) is 5.76 Å². The minimum Gasteiger partial charge on any atom is -0.468 e. The fourth-order valence-corrected chi connectivity index (χ4v) is 3.93. The summed E-state index contributed by atoms with van der Waals surface area (Å²) in [5.74, 6) is 1.58. The molecule has 1 saturated heterocycles. The summed E-state index contributed by atoms with van der Waals surface area (Å²) >= 11 is 0. The van der Waals surface area contributed by atoms with Gasteiger partial charge < -0.3 is 14.5 Å². The third-order valence-electron chi connectivity index (χ3n) is 5.48. The molecule has 1 aliphatic rings. The quantitative estimate of drug-likeness (QED) is 0.699. The first-order chi connectivity index (χ1) is 12.2. The Morgan fingerprint density at radius 3 is 2.72 bits per heavy atom. The Kier molecular flexibility index (Phi) is 6.33. The maximum absolute atomic E-state index is 6.06. The predicted molar refractivity (Wildman–Crippen MR) is 101 cm³/mol. The SMILES string of the molecule is CC(C)[C@@H]1C[C@](CCNCc2ccco2)(Cc2ccccc2)CCO1. The lowest BCUT2D eigenvalue weighted by molar-refractivity contribution is -0.0720. The number of hydrogen-bond acceptors (Lipinski definition) is 3. The number of nitrogens with one attached hydrogen (secondary N) is 1. The lowest BCUT2D eigenvalue weighted by atomic mass is 9.69. The van der Waals surface area contributed by atoms with Gasteiger partial charge in [-0.25, -0.2) is 0 Å². The van der Waals surface area contributed by atoms with E-state index < -0.39 is 0 Å². The van der Waals surface area contributed by atoms with Crippen molar-refractivity contribution in [2.75, 3.05) is 13.2 Å². The number of hydrogen-bond donors (Lipinski definition) is 1.